The number of halogens is 1. The van der Waals surface area contributed by atoms with Gasteiger partial charge >= 0.3 is 0 Å². The van der Waals surface area contributed by atoms with Crippen molar-refractivity contribution < 1.29 is 9.13 Å². The van der Waals surface area contributed by atoms with Gasteiger partial charge in [-0.05, 0) is 17.7 Å². The van der Waals surface area contributed by atoms with Crippen molar-refractivity contribution >= 4 is 6.21 Å². The first-order valence-corrected chi connectivity index (χ1v) is 3.81. The third-order valence-electron chi connectivity index (χ3n) is 1.52. The molecular weight excluding hydrogens is 171 g/mol. The summed E-state index contributed by atoms with van der Waals surface area (Å²) in [6.45, 7) is 0.222. The van der Waals surface area contributed by atoms with Gasteiger partial charge in [-0.3, -0.25) is 4.99 Å². The van der Waals surface area contributed by atoms with E-state index in [9.17, 15) is 4.39 Å². The summed E-state index contributed by atoms with van der Waals surface area (Å²) in [5.74, 6) is -0.173. The van der Waals surface area contributed by atoms with Gasteiger partial charge in [0.25, 0.3) is 0 Å². The van der Waals surface area contributed by atoms with E-state index in [1.165, 1.54) is 13.2 Å². The summed E-state index contributed by atoms with van der Waals surface area (Å²) in [7, 11) is 1.42. The van der Waals surface area contributed by atoms with Crippen LogP contribution in [0.5, 0.6) is 5.75 Å². The lowest BCUT2D eigenvalue weighted by molar-refractivity contribution is 0.386. The van der Waals surface area contributed by atoms with Gasteiger partial charge in [0.2, 0.25) is 0 Å². The van der Waals surface area contributed by atoms with Crippen molar-refractivity contribution in [2.75, 3.05) is 13.8 Å². The number of benzene rings is 1. The second-order valence-corrected chi connectivity index (χ2v) is 2.39. The normalized spacial score (nSPS) is 10.7. The molecule has 0 aliphatic rings. The number of hydrogen-bond acceptors (Lipinski definition) is 3. The predicted octanol–water partition coefficient (Wildman–Crippen LogP) is 1.17. The van der Waals surface area contributed by atoms with E-state index in [-0.39, 0.29) is 18.2 Å². The number of rotatable bonds is 3. The Bertz CT molecular complexity index is 312. The first-order valence-electron chi connectivity index (χ1n) is 3.81. The fourth-order valence-electron chi connectivity index (χ4n) is 0.915. The van der Waals surface area contributed by atoms with Gasteiger partial charge in [0.15, 0.2) is 11.6 Å². The minimum Gasteiger partial charge on any atom is -0.494 e. The Morgan fingerprint density at radius 3 is 3.00 bits per heavy atom. The van der Waals surface area contributed by atoms with Crippen LogP contribution in [0.1, 0.15) is 5.56 Å². The second-order valence-electron chi connectivity index (χ2n) is 2.39. The molecule has 0 unspecified atom stereocenters. The standard InChI is InChI=1S/C9H11FN2O/c1-13-9-4-7(5-12-6-11)2-3-8(9)10/h2-5H,6,11H2,1H3. The summed E-state index contributed by atoms with van der Waals surface area (Å²) in [6.07, 6.45) is 1.57. The number of nitrogens with zero attached hydrogens (tertiary/aromatic N) is 1. The summed E-state index contributed by atoms with van der Waals surface area (Å²) in [5.41, 5.74) is 5.94. The minimum atomic E-state index is -0.382. The van der Waals surface area contributed by atoms with Crippen molar-refractivity contribution in [3.05, 3.63) is 29.6 Å². The summed E-state index contributed by atoms with van der Waals surface area (Å²) in [5, 5.41) is 0. The van der Waals surface area contributed by atoms with Crippen LogP contribution in [0.2, 0.25) is 0 Å². The molecule has 0 atom stereocenters. The summed E-state index contributed by atoms with van der Waals surface area (Å²) >= 11 is 0. The Labute approximate surface area is 76.0 Å². The summed E-state index contributed by atoms with van der Waals surface area (Å²) < 4.78 is 17.7. The molecule has 0 spiro atoms. The Morgan fingerprint density at radius 2 is 2.38 bits per heavy atom. The molecule has 0 saturated heterocycles. The molecule has 13 heavy (non-hydrogen) atoms. The van der Waals surface area contributed by atoms with E-state index in [4.69, 9.17) is 10.5 Å². The minimum absolute atomic E-state index is 0.209. The Hall–Kier alpha value is -1.42. The SMILES string of the molecule is COc1cc(C=NCN)ccc1F. The highest BCUT2D eigenvalue weighted by atomic mass is 19.1. The highest BCUT2D eigenvalue weighted by Crippen LogP contribution is 2.16. The van der Waals surface area contributed by atoms with E-state index < -0.39 is 0 Å². The molecule has 1 aromatic rings. The molecule has 1 rings (SSSR count). The number of aliphatic imine (C=N–C) groups is 1. The van der Waals surface area contributed by atoms with Gasteiger partial charge in [-0.2, -0.15) is 0 Å². The van der Waals surface area contributed by atoms with Crippen molar-refractivity contribution in [3.8, 4) is 5.75 Å². The molecule has 0 aromatic heterocycles. The van der Waals surface area contributed by atoms with E-state index in [0.29, 0.717) is 0 Å². The van der Waals surface area contributed by atoms with Gasteiger partial charge in [-0.15, -0.1) is 0 Å². The molecule has 0 amide bonds. The number of nitrogens with two attached hydrogens (primary N) is 1. The highest BCUT2D eigenvalue weighted by molar-refractivity contribution is 5.80. The Kier molecular flexibility index (Phi) is 3.40. The zero-order valence-corrected chi connectivity index (χ0v) is 7.33. The van der Waals surface area contributed by atoms with Gasteiger partial charge in [-0.25, -0.2) is 4.39 Å². The van der Waals surface area contributed by atoms with Gasteiger partial charge in [0.1, 0.15) is 0 Å². The molecule has 2 N–H and O–H groups in total. The molecule has 4 heteroatoms. The Balaban J connectivity index is 2.92. The van der Waals surface area contributed by atoms with Crippen molar-refractivity contribution in [2.24, 2.45) is 10.7 Å². The highest BCUT2D eigenvalue weighted by Gasteiger charge is 2.00. The van der Waals surface area contributed by atoms with E-state index in [2.05, 4.69) is 4.99 Å². The van der Waals surface area contributed by atoms with Crippen LogP contribution in [-0.2, 0) is 0 Å². The van der Waals surface area contributed by atoms with Crippen LogP contribution in [-0.4, -0.2) is 20.0 Å². The molecule has 1 aromatic carbocycles. The zero-order valence-electron chi connectivity index (χ0n) is 7.33. The largest absolute Gasteiger partial charge is 0.494 e. The molecule has 0 aliphatic carbocycles. The van der Waals surface area contributed by atoms with Crippen LogP contribution in [0.3, 0.4) is 0 Å². The third-order valence-corrected chi connectivity index (χ3v) is 1.52. The second kappa shape index (κ2) is 4.57. The Morgan fingerprint density at radius 1 is 1.62 bits per heavy atom. The number of ether oxygens (including phenoxy) is 1. The van der Waals surface area contributed by atoms with Crippen LogP contribution >= 0.6 is 0 Å². The molecule has 0 saturated carbocycles. The van der Waals surface area contributed by atoms with Crippen LogP contribution in [0.25, 0.3) is 0 Å². The smallest absolute Gasteiger partial charge is 0.165 e. The van der Waals surface area contributed by atoms with Crippen molar-refractivity contribution in [1.82, 2.24) is 0 Å². The monoisotopic (exact) mass is 182 g/mol. The fourth-order valence-corrected chi connectivity index (χ4v) is 0.915. The number of hydrogen-bond donors (Lipinski definition) is 1. The van der Waals surface area contributed by atoms with E-state index in [0.717, 1.165) is 5.56 Å². The maximum Gasteiger partial charge on any atom is 0.165 e. The lowest BCUT2D eigenvalue weighted by atomic mass is 10.2. The topological polar surface area (TPSA) is 47.6 Å². The van der Waals surface area contributed by atoms with E-state index >= 15 is 0 Å². The fraction of sp³-hybridized carbons (Fsp3) is 0.222. The summed E-state index contributed by atoms with van der Waals surface area (Å²) in [4.78, 5) is 3.82. The summed E-state index contributed by atoms with van der Waals surface area (Å²) in [6, 6.07) is 4.50. The number of methoxy groups -OCH3 is 1. The molecular formula is C9H11FN2O. The van der Waals surface area contributed by atoms with Crippen molar-refractivity contribution in [1.29, 1.82) is 0 Å². The molecule has 3 nitrogen and oxygen atoms in total. The molecule has 0 heterocycles. The zero-order chi connectivity index (χ0) is 9.68. The van der Waals surface area contributed by atoms with Gasteiger partial charge in [-0.1, -0.05) is 6.07 Å². The first-order chi connectivity index (χ1) is 6.27. The average Bonchev–Trinajstić information content (AvgIpc) is 2.16. The first kappa shape index (κ1) is 9.67. The van der Waals surface area contributed by atoms with Crippen molar-refractivity contribution in [3.63, 3.8) is 0 Å². The average molecular weight is 182 g/mol. The van der Waals surface area contributed by atoms with Crippen LogP contribution in [0.4, 0.5) is 4.39 Å². The molecule has 70 valence electrons. The predicted molar refractivity (Wildman–Crippen MR) is 49.6 cm³/mol. The van der Waals surface area contributed by atoms with Crippen LogP contribution in [0, 0.1) is 5.82 Å². The quantitative estimate of drug-likeness (QED) is 0.713. The van der Waals surface area contributed by atoms with E-state index in [1.807, 2.05) is 0 Å². The van der Waals surface area contributed by atoms with Gasteiger partial charge in [0.05, 0.1) is 13.8 Å². The van der Waals surface area contributed by atoms with Gasteiger partial charge in [0, 0.05) is 6.21 Å². The van der Waals surface area contributed by atoms with Gasteiger partial charge < -0.3 is 10.5 Å². The maximum absolute atomic E-state index is 12.9. The molecule has 0 fully saturated rings. The lowest BCUT2D eigenvalue weighted by Crippen LogP contribution is -1.95. The van der Waals surface area contributed by atoms with Crippen molar-refractivity contribution in [2.45, 2.75) is 0 Å². The molecule has 0 aliphatic heterocycles. The lowest BCUT2D eigenvalue weighted by Gasteiger charge is -2.01. The van der Waals surface area contributed by atoms with Crippen LogP contribution < -0.4 is 10.5 Å². The van der Waals surface area contributed by atoms with Crippen LogP contribution in [0.15, 0.2) is 23.2 Å². The third kappa shape index (κ3) is 2.52. The van der Waals surface area contributed by atoms with E-state index in [1.54, 1.807) is 18.3 Å². The molecule has 0 bridgehead atoms. The molecule has 0 radical (unpaired) electrons. The maximum atomic E-state index is 12.9.